The summed E-state index contributed by atoms with van der Waals surface area (Å²) < 4.78 is 18.1. The van der Waals surface area contributed by atoms with Gasteiger partial charge >= 0.3 is 0 Å². The Balaban J connectivity index is 1.37. The van der Waals surface area contributed by atoms with E-state index < -0.39 is 23.5 Å². The summed E-state index contributed by atoms with van der Waals surface area (Å²) in [6.45, 7) is 4.73. The molecule has 1 aliphatic rings. The van der Waals surface area contributed by atoms with Gasteiger partial charge in [0, 0.05) is 16.2 Å². The van der Waals surface area contributed by atoms with E-state index in [1.165, 1.54) is 35.1 Å². The van der Waals surface area contributed by atoms with Crippen LogP contribution in [0.2, 0.25) is 5.02 Å². The summed E-state index contributed by atoms with van der Waals surface area (Å²) in [5.41, 5.74) is 1.93. The number of carbonyl (C=O) groups excluding carboxylic acids is 2. The van der Waals surface area contributed by atoms with Crippen LogP contribution in [0.4, 0.5) is 5.13 Å². The second kappa shape index (κ2) is 13.6. The minimum atomic E-state index is -1.05. The Hall–Kier alpha value is -4.32. The van der Waals surface area contributed by atoms with Gasteiger partial charge in [-0.25, -0.2) is 0 Å². The average Bonchev–Trinajstić information content (AvgIpc) is 3.77. The van der Waals surface area contributed by atoms with Crippen molar-refractivity contribution in [1.82, 2.24) is 10.2 Å². The van der Waals surface area contributed by atoms with Gasteiger partial charge in [-0.1, -0.05) is 84.9 Å². The van der Waals surface area contributed by atoms with Crippen LogP contribution in [0.25, 0.3) is 11.0 Å². The van der Waals surface area contributed by atoms with Crippen LogP contribution in [0.15, 0.2) is 92.9 Å². The molecule has 3 heterocycles. The number of ketones is 1. The Kier molecular flexibility index (Phi) is 9.34. The number of halogens is 1. The third kappa shape index (κ3) is 6.48. The lowest BCUT2D eigenvalue weighted by Crippen LogP contribution is -2.31. The number of rotatable bonds is 12. The van der Waals surface area contributed by atoms with Crippen LogP contribution in [0.1, 0.15) is 48.0 Å². The number of nitrogens with zero attached hydrogens (tertiary/aromatic N) is 3. The van der Waals surface area contributed by atoms with Gasteiger partial charge in [0.1, 0.15) is 5.58 Å². The van der Waals surface area contributed by atoms with Crippen LogP contribution >= 0.6 is 34.7 Å². The molecule has 0 aliphatic carbocycles. The number of ether oxygens (including phenoxy) is 2. The number of anilines is 1. The van der Waals surface area contributed by atoms with Crippen LogP contribution < -0.4 is 14.4 Å². The standard InChI is InChI=1S/C34H30ClN3O6S2/c1-19(2)14-15-43-25-13-10-22(17-26(25)42-3)29-28(30(39)27-16-21-6-4-5-7-24(21)44-27)31(40)32(41)38(29)33-36-37-34(46-33)45-18-20-8-11-23(35)12-9-20/h4-13,16-17,19,29,40H,14-15,18H2,1-3H3. The van der Waals surface area contributed by atoms with Crippen molar-refractivity contribution in [3.63, 3.8) is 0 Å². The Morgan fingerprint density at radius 2 is 1.87 bits per heavy atom. The predicted molar refractivity (Wildman–Crippen MR) is 179 cm³/mol. The Labute approximate surface area is 278 Å². The number of thioether (sulfide) groups is 1. The summed E-state index contributed by atoms with van der Waals surface area (Å²) in [7, 11) is 1.52. The monoisotopic (exact) mass is 675 g/mol. The lowest BCUT2D eigenvalue weighted by molar-refractivity contribution is -0.117. The van der Waals surface area contributed by atoms with E-state index in [1.807, 2.05) is 36.4 Å². The van der Waals surface area contributed by atoms with Gasteiger partial charge in [0.05, 0.1) is 25.3 Å². The maximum absolute atomic E-state index is 14.1. The smallest absolute Gasteiger partial charge is 0.296 e. The van der Waals surface area contributed by atoms with E-state index in [0.717, 1.165) is 17.4 Å². The number of hydrogen-bond donors (Lipinski definition) is 1. The Morgan fingerprint density at radius 1 is 1.09 bits per heavy atom. The Bertz CT molecular complexity index is 1900. The molecule has 1 aliphatic heterocycles. The van der Waals surface area contributed by atoms with E-state index in [2.05, 4.69) is 24.0 Å². The van der Waals surface area contributed by atoms with E-state index in [1.54, 1.807) is 36.4 Å². The van der Waals surface area contributed by atoms with Crippen molar-refractivity contribution in [3.8, 4) is 11.5 Å². The quantitative estimate of drug-likeness (QED) is 0.0790. The summed E-state index contributed by atoms with van der Waals surface area (Å²) in [6.07, 6.45) is 0.859. The van der Waals surface area contributed by atoms with Crippen molar-refractivity contribution < 1.29 is 28.6 Å². The zero-order valence-electron chi connectivity index (χ0n) is 25.2. The maximum Gasteiger partial charge on any atom is 0.296 e. The predicted octanol–water partition coefficient (Wildman–Crippen LogP) is 8.45. The van der Waals surface area contributed by atoms with Gasteiger partial charge in [0.15, 0.2) is 27.4 Å². The lowest BCUT2D eigenvalue weighted by atomic mass is 9.95. The molecule has 0 spiro atoms. The minimum absolute atomic E-state index is 0.000484. The molecule has 2 aromatic heterocycles. The number of carbonyl (C=O) groups is 2. The summed E-state index contributed by atoms with van der Waals surface area (Å²) in [6, 6.07) is 20.5. The number of para-hydroxylation sites is 1. The molecule has 5 aromatic rings. The minimum Gasteiger partial charge on any atom is -0.503 e. The lowest BCUT2D eigenvalue weighted by Gasteiger charge is -2.24. The van der Waals surface area contributed by atoms with Crippen molar-refractivity contribution in [2.24, 2.45) is 5.92 Å². The molecule has 0 saturated carbocycles. The first kappa shape index (κ1) is 31.7. The first-order valence-corrected chi connectivity index (χ1v) is 16.7. The summed E-state index contributed by atoms with van der Waals surface area (Å²) >= 11 is 8.66. The van der Waals surface area contributed by atoms with Gasteiger partial charge in [-0.2, -0.15) is 0 Å². The zero-order chi connectivity index (χ0) is 32.4. The second-order valence-electron chi connectivity index (χ2n) is 11.0. The number of benzene rings is 3. The number of furan rings is 1. The van der Waals surface area contributed by atoms with E-state index in [-0.39, 0.29) is 16.5 Å². The van der Waals surface area contributed by atoms with Gasteiger partial charge < -0.3 is 19.0 Å². The third-order valence-electron chi connectivity index (χ3n) is 7.44. The fourth-order valence-corrected chi connectivity index (χ4v) is 6.99. The van der Waals surface area contributed by atoms with E-state index in [0.29, 0.717) is 50.3 Å². The van der Waals surface area contributed by atoms with Gasteiger partial charge in [-0.05, 0) is 59.9 Å². The molecule has 3 aromatic carbocycles. The summed E-state index contributed by atoms with van der Waals surface area (Å²) in [4.78, 5) is 29.1. The molecule has 1 atom stereocenters. The van der Waals surface area contributed by atoms with Gasteiger partial charge in [0.2, 0.25) is 10.9 Å². The van der Waals surface area contributed by atoms with Crippen LogP contribution in [0.5, 0.6) is 11.5 Å². The molecule has 46 heavy (non-hydrogen) atoms. The topological polar surface area (TPSA) is 115 Å². The zero-order valence-corrected chi connectivity index (χ0v) is 27.6. The normalized spacial score (nSPS) is 14.9. The van der Waals surface area contributed by atoms with E-state index >= 15 is 0 Å². The fourth-order valence-electron chi connectivity index (χ4n) is 5.04. The van der Waals surface area contributed by atoms with Crippen LogP contribution in [0, 0.1) is 5.92 Å². The van der Waals surface area contributed by atoms with Crippen LogP contribution in [-0.4, -0.2) is 40.7 Å². The highest BCUT2D eigenvalue weighted by Gasteiger charge is 2.47. The first-order chi connectivity index (χ1) is 22.2. The maximum atomic E-state index is 14.1. The van der Waals surface area contributed by atoms with E-state index in [9.17, 15) is 14.7 Å². The molecule has 0 bridgehead atoms. The molecule has 12 heteroatoms. The van der Waals surface area contributed by atoms with Crippen LogP contribution in [0.3, 0.4) is 0 Å². The molecule has 0 radical (unpaired) electrons. The number of fused-ring (bicyclic) bond motifs is 1. The average molecular weight is 676 g/mol. The second-order valence-corrected chi connectivity index (χ2v) is 13.6. The van der Waals surface area contributed by atoms with Gasteiger partial charge in [-0.3, -0.25) is 14.5 Å². The van der Waals surface area contributed by atoms with Crippen molar-refractivity contribution in [2.75, 3.05) is 18.6 Å². The molecule has 1 N–H and O–H groups in total. The van der Waals surface area contributed by atoms with Gasteiger partial charge in [0.25, 0.3) is 5.91 Å². The van der Waals surface area contributed by atoms with E-state index in [4.69, 9.17) is 25.5 Å². The summed E-state index contributed by atoms with van der Waals surface area (Å²) in [5, 5.41) is 21.5. The molecule has 6 rings (SSSR count). The highest BCUT2D eigenvalue weighted by atomic mass is 35.5. The first-order valence-electron chi connectivity index (χ1n) is 14.5. The number of Topliss-reactive ketones (excluding diaryl/α,β-unsaturated/α-hetero) is 1. The largest absolute Gasteiger partial charge is 0.503 e. The molecule has 0 saturated heterocycles. The van der Waals surface area contributed by atoms with Crippen molar-refractivity contribution >= 4 is 62.5 Å². The molecule has 1 unspecified atom stereocenters. The third-order valence-corrected chi connectivity index (χ3v) is 9.81. The molecule has 0 fully saturated rings. The molecule has 236 valence electrons. The summed E-state index contributed by atoms with van der Waals surface area (Å²) in [5.74, 6) is -0.0531. The molecule has 1 amide bonds. The number of methoxy groups -OCH3 is 1. The van der Waals surface area contributed by atoms with Crippen molar-refractivity contribution in [2.45, 2.75) is 36.4 Å². The number of amides is 1. The molecular weight excluding hydrogens is 646 g/mol. The highest BCUT2D eigenvalue weighted by molar-refractivity contribution is 8.00. The molecule has 9 nitrogen and oxygen atoms in total. The molecular formula is C34H30ClN3O6S2. The number of aliphatic hydroxyl groups is 1. The van der Waals surface area contributed by atoms with Gasteiger partial charge in [-0.15, -0.1) is 10.2 Å². The number of hydrogen-bond acceptors (Lipinski definition) is 10. The fraction of sp³-hybridized carbons (Fsp3) is 0.235. The highest BCUT2D eigenvalue weighted by Crippen LogP contribution is 2.46. The number of aromatic nitrogens is 2. The van der Waals surface area contributed by atoms with Crippen LogP contribution in [-0.2, 0) is 10.5 Å². The van der Waals surface area contributed by atoms with Crippen molar-refractivity contribution in [3.05, 3.63) is 106 Å². The number of aliphatic hydroxyl groups excluding tert-OH is 1. The Morgan fingerprint density at radius 3 is 2.61 bits per heavy atom. The SMILES string of the molecule is COc1cc(C2C(C(=O)c3cc4ccccc4o3)=C(O)C(=O)N2c2nnc(SCc3ccc(Cl)cc3)s2)ccc1OCCC(C)C. The van der Waals surface area contributed by atoms with Crippen molar-refractivity contribution in [1.29, 1.82) is 0 Å².